The smallest absolute Gasteiger partial charge is 0.305 e. The van der Waals surface area contributed by atoms with E-state index in [0.29, 0.717) is 25.9 Å². The molecule has 66 heavy (non-hydrogen) atoms. The Morgan fingerprint density at radius 3 is 1.20 bits per heavy atom. The molecule has 6 heteroatoms. The number of carbonyl (C=O) groups excluding carboxylic acids is 2. The van der Waals surface area contributed by atoms with E-state index >= 15 is 0 Å². The molecule has 0 bridgehead atoms. The number of allylic oxidation sites excluding steroid dienone is 6. The second-order valence-electron chi connectivity index (χ2n) is 20.0. The van der Waals surface area contributed by atoms with Crippen LogP contribution in [-0.2, 0) is 14.3 Å². The molecule has 0 saturated heterocycles. The van der Waals surface area contributed by atoms with Crippen molar-refractivity contribution in [3.8, 4) is 0 Å². The van der Waals surface area contributed by atoms with Crippen LogP contribution in [0.25, 0.3) is 0 Å². The van der Waals surface area contributed by atoms with E-state index in [2.05, 4.69) is 55.6 Å². The van der Waals surface area contributed by atoms with Gasteiger partial charge in [0.1, 0.15) is 0 Å². The van der Waals surface area contributed by atoms with Gasteiger partial charge in [0.2, 0.25) is 5.91 Å². The molecule has 3 N–H and O–H groups in total. The largest absolute Gasteiger partial charge is 0.466 e. The number of unbranched alkanes of at least 4 members (excludes halogenated alkanes) is 37. The molecule has 1 amide bonds. The fraction of sp³-hybridized carbons (Fsp3) is 0.867. The van der Waals surface area contributed by atoms with E-state index in [1.54, 1.807) is 0 Å². The van der Waals surface area contributed by atoms with Crippen molar-refractivity contribution in [1.29, 1.82) is 0 Å². The van der Waals surface area contributed by atoms with Gasteiger partial charge in [-0.15, -0.1) is 0 Å². The number of aliphatic hydroxyl groups is 2. The summed E-state index contributed by atoms with van der Waals surface area (Å²) in [5, 5.41) is 23.3. The minimum atomic E-state index is -0.688. The van der Waals surface area contributed by atoms with Crippen LogP contribution >= 0.6 is 0 Å². The van der Waals surface area contributed by atoms with Gasteiger partial charge in [0, 0.05) is 12.8 Å². The van der Waals surface area contributed by atoms with E-state index in [-0.39, 0.29) is 18.5 Å². The van der Waals surface area contributed by atoms with Gasteiger partial charge in [-0.25, -0.2) is 0 Å². The Kier molecular flexibility index (Phi) is 54.1. The molecule has 0 heterocycles. The Bertz CT molecular complexity index is 1070. The second-order valence-corrected chi connectivity index (χ2v) is 20.0. The molecule has 0 spiro atoms. The highest BCUT2D eigenvalue weighted by Gasteiger charge is 2.20. The monoisotopic (exact) mass is 928 g/mol. The first-order valence-corrected chi connectivity index (χ1v) is 29.2. The van der Waals surface area contributed by atoms with Crippen molar-refractivity contribution in [3.05, 3.63) is 36.5 Å². The van der Waals surface area contributed by atoms with E-state index < -0.39 is 12.1 Å². The number of hydrogen-bond acceptors (Lipinski definition) is 5. The fourth-order valence-corrected chi connectivity index (χ4v) is 8.90. The zero-order valence-electron chi connectivity index (χ0n) is 44.2. The summed E-state index contributed by atoms with van der Waals surface area (Å²) in [6.07, 6.45) is 68.5. The lowest BCUT2D eigenvalue weighted by atomic mass is 10.0. The van der Waals surface area contributed by atoms with Gasteiger partial charge in [-0.1, -0.05) is 249 Å². The number of hydrogen-bond donors (Lipinski definition) is 3. The molecule has 0 aromatic carbocycles. The zero-order valence-corrected chi connectivity index (χ0v) is 44.2. The summed E-state index contributed by atoms with van der Waals surface area (Å²) < 4.78 is 5.45. The number of esters is 1. The van der Waals surface area contributed by atoms with Crippen LogP contribution in [0.15, 0.2) is 36.5 Å². The number of aliphatic hydroxyl groups excluding tert-OH is 2. The van der Waals surface area contributed by atoms with Gasteiger partial charge in [0.05, 0.1) is 25.4 Å². The maximum atomic E-state index is 12.5. The van der Waals surface area contributed by atoms with Gasteiger partial charge in [0.15, 0.2) is 0 Å². The molecule has 2 unspecified atom stereocenters. The summed E-state index contributed by atoms with van der Waals surface area (Å²) in [5.74, 6) is -0.109. The van der Waals surface area contributed by atoms with Gasteiger partial charge in [-0.3, -0.25) is 9.59 Å². The molecule has 0 rings (SSSR count). The Hall–Kier alpha value is -1.92. The first-order valence-electron chi connectivity index (χ1n) is 29.2. The minimum absolute atomic E-state index is 0.0396. The van der Waals surface area contributed by atoms with Gasteiger partial charge in [-0.2, -0.15) is 0 Å². The van der Waals surface area contributed by atoms with Crippen molar-refractivity contribution in [3.63, 3.8) is 0 Å². The third kappa shape index (κ3) is 51.5. The van der Waals surface area contributed by atoms with Gasteiger partial charge in [0.25, 0.3) is 0 Å². The molecule has 0 aromatic rings. The molecule has 0 fully saturated rings. The Balaban J connectivity index is 3.51. The van der Waals surface area contributed by atoms with E-state index in [1.165, 1.54) is 193 Å². The van der Waals surface area contributed by atoms with Crippen LogP contribution in [0.3, 0.4) is 0 Å². The summed E-state index contributed by atoms with van der Waals surface area (Å²) in [5.41, 5.74) is 0. The highest BCUT2D eigenvalue weighted by molar-refractivity contribution is 5.76. The predicted molar refractivity (Wildman–Crippen MR) is 287 cm³/mol. The third-order valence-electron chi connectivity index (χ3n) is 13.4. The van der Waals surface area contributed by atoms with E-state index in [4.69, 9.17) is 4.74 Å². The number of carbonyl (C=O) groups is 2. The highest BCUT2D eigenvalue weighted by atomic mass is 16.5. The van der Waals surface area contributed by atoms with Gasteiger partial charge >= 0.3 is 5.97 Å². The molecule has 0 aromatic heterocycles. The Labute approximate surface area is 411 Å². The molecular formula is C60H113NO5. The minimum Gasteiger partial charge on any atom is -0.466 e. The number of ether oxygens (including phenoxy) is 1. The Morgan fingerprint density at radius 1 is 0.424 bits per heavy atom. The summed E-state index contributed by atoms with van der Waals surface area (Å²) in [4.78, 5) is 24.6. The zero-order chi connectivity index (χ0) is 47.9. The number of amides is 1. The SMILES string of the molecule is CCCCC/C=C\C/C=C\CCCCCCCCCCCC(=O)OCCCC/C=C\CCCCCCC(=O)NC(CO)C(O)CCCCCCCCCCCCCCCCCCCCCC. The molecule has 0 saturated carbocycles. The lowest BCUT2D eigenvalue weighted by Gasteiger charge is -2.22. The van der Waals surface area contributed by atoms with Gasteiger partial charge < -0.3 is 20.3 Å². The standard InChI is InChI=1S/C60H113NO5/c1-3-5-7-9-11-13-15-17-19-21-23-25-26-28-30-32-36-40-44-48-52-58(63)57(56-62)61-59(64)53-49-45-41-37-34-35-39-43-47-51-55-66-60(65)54-50-46-42-38-33-31-29-27-24-22-20-18-16-14-12-10-8-6-4-2/h12,14,18,20,35,39,57-58,62-63H,3-11,13,15-17,19,21-34,36-38,40-56H2,1-2H3,(H,61,64)/b14-12-,20-18-,39-35-. The predicted octanol–water partition coefficient (Wildman–Crippen LogP) is 18.0. The van der Waals surface area contributed by atoms with Crippen LogP contribution in [0, 0.1) is 0 Å². The van der Waals surface area contributed by atoms with Gasteiger partial charge in [-0.05, 0) is 83.5 Å². The molecule has 2 atom stereocenters. The first kappa shape index (κ1) is 64.1. The van der Waals surface area contributed by atoms with Crippen molar-refractivity contribution in [2.75, 3.05) is 13.2 Å². The van der Waals surface area contributed by atoms with Crippen LogP contribution in [0.4, 0.5) is 0 Å². The molecule has 0 aliphatic rings. The Morgan fingerprint density at radius 2 is 0.758 bits per heavy atom. The second kappa shape index (κ2) is 55.7. The van der Waals surface area contributed by atoms with Crippen LogP contribution < -0.4 is 5.32 Å². The average molecular weight is 929 g/mol. The normalized spacial score (nSPS) is 12.8. The van der Waals surface area contributed by atoms with Crippen molar-refractivity contribution in [1.82, 2.24) is 5.32 Å². The van der Waals surface area contributed by atoms with E-state index in [9.17, 15) is 19.8 Å². The summed E-state index contributed by atoms with van der Waals surface area (Å²) in [6.45, 7) is 4.85. The molecule has 0 aliphatic heterocycles. The maximum absolute atomic E-state index is 12.5. The number of nitrogens with one attached hydrogen (secondary N) is 1. The van der Waals surface area contributed by atoms with Crippen molar-refractivity contribution >= 4 is 11.9 Å². The van der Waals surface area contributed by atoms with Crippen LogP contribution in [0.2, 0.25) is 0 Å². The molecular weight excluding hydrogens is 815 g/mol. The molecule has 388 valence electrons. The topological polar surface area (TPSA) is 95.9 Å². The maximum Gasteiger partial charge on any atom is 0.305 e. The number of rotatable bonds is 54. The quantitative estimate of drug-likeness (QED) is 0.0321. The third-order valence-corrected chi connectivity index (χ3v) is 13.4. The molecule has 6 nitrogen and oxygen atoms in total. The van der Waals surface area contributed by atoms with Crippen LogP contribution in [0.5, 0.6) is 0 Å². The van der Waals surface area contributed by atoms with Crippen LogP contribution in [0.1, 0.15) is 309 Å². The van der Waals surface area contributed by atoms with E-state index in [0.717, 1.165) is 83.5 Å². The van der Waals surface area contributed by atoms with Crippen molar-refractivity contribution < 1.29 is 24.5 Å². The van der Waals surface area contributed by atoms with E-state index in [1.807, 2.05) is 0 Å². The van der Waals surface area contributed by atoms with Crippen molar-refractivity contribution in [2.45, 2.75) is 321 Å². The van der Waals surface area contributed by atoms with Crippen LogP contribution in [-0.4, -0.2) is 47.4 Å². The molecule has 0 radical (unpaired) electrons. The van der Waals surface area contributed by atoms with Crippen molar-refractivity contribution in [2.24, 2.45) is 0 Å². The average Bonchev–Trinajstić information content (AvgIpc) is 3.32. The summed E-state index contributed by atoms with van der Waals surface area (Å²) >= 11 is 0. The summed E-state index contributed by atoms with van der Waals surface area (Å²) in [7, 11) is 0. The summed E-state index contributed by atoms with van der Waals surface area (Å²) in [6, 6.07) is -0.569. The molecule has 0 aliphatic carbocycles. The lowest BCUT2D eigenvalue weighted by Crippen LogP contribution is -2.45. The highest BCUT2D eigenvalue weighted by Crippen LogP contribution is 2.17. The first-order chi connectivity index (χ1) is 32.5. The fourth-order valence-electron chi connectivity index (χ4n) is 8.90. The lowest BCUT2D eigenvalue weighted by molar-refractivity contribution is -0.143.